The molecule has 1 aliphatic rings. The van der Waals surface area contributed by atoms with Crippen molar-refractivity contribution in [2.24, 2.45) is 0 Å². The summed E-state index contributed by atoms with van der Waals surface area (Å²) < 4.78 is 1.72. The van der Waals surface area contributed by atoms with E-state index in [-0.39, 0.29) is 10.8 Å². The first kappa shape index (κ1) is 21.2. The number of unbranched alkanes of at least 4 members (excludes halogenated alkanes) is 1. The highest BCUT2D eigenvalue weighted by atomic mass is 35.5. The normalized spacial score (nSPS) is 14.3. The Bertz CT molecular complexity index is 1090. The zero-order chi connectivity index (χ0) is 21.8. The Balaban J connectivity index is 1.63. The summed E-state index contributed by atoms with van der Waals surface area (Å²) in [7, 11) is 0. The predicted octanol–water partition coefficient (Wildman–Crippen LogP) is 4.62. The Labute approximate surface area is 185 Å². The van der Waals surface area contributed by atoms with Gasteiger partial charge in [-0.3, -0.25) is 0 Å². The number of aromatic carboxylic acids is 1. The maximum absolute atomic E-state index is 11.8. The molecule has 0 radical (unpaired) electrons. The first-order valence-corrected chi connectivity index (χ1v) is 11.0. The smallest absolute Gasteiger partial charge is 0.355 e. The highest BCUT2D eigenvalue weighted by molar-refractivity contribution is 6.32. The molecule has 0 amide bonds. The van der Waals surface area contributed by atoms with Crippen molar-refractivity contribution in [1.29, 1.82) is 0 Å². The summed E-state index contributed by atoms with van der Waals surface area (Å²) in [5.41, 5.74) is 4.57. The van der Waals surface area contributed by atoms with Gasteiger partial charge in [-0.2, -0.15) is 5.21 Å². The molecule has 1 aromatic carbocycles. The lowest BCUT2D eigenvalue weighted by Gasteiger charge is -2.19. The molecule has 3 aromatic rings. The number of H-pyrrole nitrogens is 1. The van der Waals surface area contributed by atoms with E-state index in [1.165, 1.54) is 5.57 Å². The number of rotatable bonds is 8. The predicted molar refractivity (Wildman–Crippen MR) is 118 cm³/mol. The van der Waals surface area contributed by atoms with E-state index in [9.17, 15) is 9.90 Å². The van der Waals surface area contributed by atoms with Crippen LogP contribution in [0.3, 0.4) is 0 Å². The van der Waals surface area contributed by atoms with Gasteiger partial charge in [0.1, 0.15) is 5.82 Å². The topological polar surface area (TPSA) is 110 Å². The second kappa shape index (κ2) is 9.43. The zero-order valence-electron chi connectivity index (χ0n) is 17.4. The van der Waals surface area contributed by atoms with Gasteiger partial charge in [0.2, 0.25) is 5.82 Å². The minimum absolute atomic E-state index is 0.0474. The molecule has 0 saturated carbocycles. The molecule has 31 heavy (non-hydrogen) atoms. The minimum atomic E-state index is -1.06. The number of allylic oxidation sites excluding steroid dienone is 2. The molecular formula is C22H25ClN6O2. The lowest BCUT2D eigenvalue weighted by atomic mass is 9.87. The van der Waals surface area contributed by atoms with Gasteiger partial charge >= 0.3 is 5.97 Å². The second-order valence-electron chi connectivity index (χ2n) is 7.76. The van der Waals surface area contributed by atoms with Crippen LogP contribution in [-0.4, -0.2) is 41.3 Å². The molecule has 9 heteroatoms. The monoisotopic (exact) mass is 440 g/mol. The SMILES string of the molecule is CCCCc1nc(Cl)c(C(=O)O)n1Cc1ccc(C2=C(c3nn[nH]n3)CCCC2)cc1. The van der Waals surface area contributed by atoms with Crippen molar-refractivity contribution in [3.05, 3.63) is 57.9 Å². The van der Waals surface area contributed by atoms with Gasteiger partial charge in [0.25, 0.3) is 0 Å². The summed E-state index contributed by atoms with van der Waals surface area (Å²) >= 11 is 6.14. The van der Waals surface area contributed by atoms with Crippen LogP contribution in [0.25, 0.3) is 11.1 Å². The number of imidazole rings is 1. The number of carboxylic acids is 1. The van der Waals surface area contributed by atoms with E-state index in [2.05, 4.69) is 44.7 Å². The van der Waals surface area contributed by atoms with E-state index in [4.69, 9.17) is 11.6 Å². The standard InChI is InChI=1S/C22H25ClN6O2/c1-2-3-8-18-24-20(23)19(22(30)31)29(18)13-14-9-11-15(12-10-14)16-6-4-5-7-17(16)21-25-27-28-26-21/h9-12H,2-8,13H2,1H3,(H,30,31)(H,25,26,27,28). The van der Waals surface area contributed by atoms with E-state index >= 15 is 0 Å². The van der Waals surface area contributed by atoms with Crippen LogP contribution >= 0.6 is 11.6 Å². The quantitative estimate of drug-likeness (QED) is 0.528. The molecule has 2 heterocycles. The Hall–Kier alpha value is -3.00. The average molecular weight is 441 g/mol. The van der Waals surface area contributed by atoms with Gasteiger partial charge in [0.15, 0.2) is 10.8 Å². The number of halogens is 1. The molecule has 2 aromatic heterocycles. The highest BCUT2D eigenvalue weighted by Gasteiger charge is 2.22. The number of nitrogens with one attached hydrogen (secondary N) is 1. The van der Waals surface area contributed by atoms with Crippen LogP contribution in [0.5, 0.6) is 0 Å². The fourth-order valence-electron chi connectivity index (χ4n) is 4.12. The Morgan fingerprint density at radius 1 is 1.19 bits per heavy atom. The molecule has 0 saturated heterocycles. The van der Waals surface area contributed by atoms with Crippen molar-refractivity contribution < 1.29 is 9.90 Å². The van der Waals surface area contributed by atoms with E-state index in [1.54, 1.807) is 4.57 Å². The van der Waals surface area contributed by atoms with Crippen molar-refractivity contribution in [2.75, 3.05) is 0 Å². The van der Waals surface area contributed by atoms with Gasteiger partial charge in [0, 0.05) is 18.5 Å². The van der Waals surface area contributed by atoms with Gasteiger partial charge in [-0.1, -0.05) is 49.2 Å². The van der Waals surface area contributed by atoms with Crippen molar-refractivity contribution in [3.63, 3.8) is 0 Å². The van der Waals surface area contributed by atoms with Gasteiger partial charge in [-0.05, 0) is 54.0 Å². The molecule has 1 aliphatic carbocycles. The molecule has 4 rings (SSSR count). The van der Waals surface area contributed by atoms with Crippen LogP contribution in [0.1, 0.15) is 78.7 Å². The van der Waals surface area contributed by atoms with Crippen molar-refractivity contribution >= 4 is 28.7 Å². The number of nitrogens with zero attached hydrogens (tertiary/aromatic N) is 5. The van der Waals surface area contributed by atoms with Gasteiger partial charge < -0.3 is 9.67 Å². The molecule has 0 unspecified atom stereocenters. The minimum Gasteiger partial charge on any atom is -0.476 e. The number of carbonyl (C=O) groups is 1. The Morgan fingerprint density at radius 3 is 2.58 bits per heavy atom. The van der Waals surface area contributed by atoms with Crippen LogP contribution in [0.15, 0.2) is 24.3 Å². The van der Waals surface area contributed by atoms with Gasteiger partial charge in [0.05, 0.1) is 0 Å². The molecule has 0 atom stereocenters. The van der Waals surface area contributed by atoms with E-state index in [0.29, 0.717) is 24.6 Å². The Kier molecular flexibility index (Phi) is 6.46. The van der Waals surface area contributed by atoms with Crippen molar-refractivity contribution in [3.8, 4) is 0 Å². The van der Waals surface area contributed by atoms with Crippen LogP contribution < -0.4 is 0 Å². The fraction of sp³-hybridized carbons (Fsp3) is 0.409. The summed E-state index contributed by atoms with van der Waals surface area (Å²) in [6.07, 6.45) is 6.79. The summed E-state index contributed by atoms with van der Waals surface area (Å²) in [5, 5.41) is 24.3. The molecule has 0 aliphatic heterocycles. The highest BCUT2D eigenvalue weighted by Crippen LogP contribution is 2.36. The second-order valence-corrected chi connectivity index (χ2v) is 8.12. The third-order valence-corrected chi connectivity index (χ3v) is 5.95. The zero-order valence-corrected chi connectivity index (χ0v) is 18.2. The molecule has 2 N–H and O–H groups in total. The maximum Gasteiger partial charge on any atom is 0.355 e. The van der Waals surface area contributed by atoms with Crippen LogP contribution in [-0.2, 0) is 13.0 Å². The number of hydrogen-bond acceptors (Lipinski definition) is 5. The number of aromatic amines is 1. The average Bonchev–Trinajstić information content (AvgIpc) is 3.41. The number of benzene rings is 1. The largest absolute Gasteiger partial charge is 0.476 e. The first-order chi connectivity index (χ1) is 15.1. The number of tetrazole rings is 1. The van der Waals surface area contributed by atoms with E-state index in [0.717, 1.165) is 55.2 Å². The van der Waals surface area contributed by atoms with Crippen LogP contribution in [0.4, 0.5) is 0 Å². The van der Waals surface area contributed by atoms with Gasteiger partial charge in [-0.25, -0.2) is 9.78 Å². The molecule has 0 spiro atoms. The summed E-state index contributed by atoms with van der Waals surface area (Å²) in [5.74, 6) is 0.315. The lowest BCUT2D eigenvalue weighted by molar-refractivity contribution is 0.0685. The molecule has 162 valence electrons. The summed E-state index contributed by atoms with van der Waals surface area (Å²) in [6.45, 7) is 2.51. The summed E-state index contributed by atoms with van der Waals surface area (Å²) in [4.78, 5) is 16.1. The number of aromatic nitrogens is 6. The lowest BCUT2D eigenvalue weighted by Crippen LogP contribution is -2.13. The van der Waals surface area contributed by atoms with Crippen molar-refractivity contribution in [2.45, 2.75) is 58.4 Å². The van der Waals surface area contributed by atoms with Crippen molar-refractivity contribution in [1.82, 2.24) is 30.2 Å². The van der Waals surface area contributed by atoms with Gasteiger partial charge in [-0.15, -0.1) is 10.2 Å². The molecule has 0 fully saturated rings. The molecule has 8 nitrogen and oxygen atoms in total. The number of hydrogen-bond donors (Lipinski definition) is 2. The third kappa shape index (κ3) is 4.54. The maximum atomic E-state index is 11.8. The fourth-order valence-corrected chi connectivity index (χ4v) is 4.40. The van der Waals surface area contributed by atoms with E-state index < -0.39 is 5.97 Å². The van der Waals surface area contributed by atoms with Crippen LogP contribution in [0, 0.1) is 0 Å². The van der Waals surface area contributed by atoms with Crippen LogP contribution in [0.2, 0.25) is 5.15 Å². The summed E-state index contributed by atoms with van der Waals surface area (Å²) in [6, 6.07) is 8.24. The first-order valence-electron chi connectivity index (χ1n) is 10.6. The number of aryl methyl sites for hydroxylation is 1. The number of carboxylic acid groups (broad SMARTS) is 1. The molecular weight excluding hydrogens is 416 g/mol. The third-order valence-electron chi connectivity index (χ3n) is 5.69. The van der Waals surface area contributed by atoms with E-state index in [1.807, 2.05) is 12.1 Å². The Morgan fingerprint density at radius 2 is 1.94 bits per heavy atom. The molecule has 0 bridgehead atoms.